The molecule has 0 saturated heterocycles. The highest BCUT2D eigenvalue weighted by Crippen LogP contribution is 2.26. The second-order valence-corrected chi connectivity index (χ2v) is 8.27. The summed E-state index contributed by atoms with van der Waals surface area (Å²) in [5.41, 5.74) is 2.41. The Morgan fingerprint density at radius 2 is 1.70 bits per heavy atom. The number of amides is 1. The van der Waals surface area contributed by atoms with Crippen molar-refractivity contribution in [3.05, 3.63) is 88.4 Å². The van der Waals surface area contributed by atoms with Gasteiger partial charge in [0.15, 0.2) is 5.11 Å². The number of benzene rings is 3. The van der Waals surface area contributed by atoms with Gasteiger partial charge in [0.1, 0.15) is 18.1 Å². The van der Waals surface area contributed by atoms with Crippen molar-refractivity contribution in [3.63, 3.8) is 0 Å². The summed E-state index contributed by atoms with van der Waals surface area (Å²) in [7, 11) is 1.62. The van der Waals surface area contributed by atoms with Gasteiger partial charge >= 0.3 is 0 Å². The number of nitrogens with one attached hydrogen (secondary N) is 2. The summed E-state index contributed by atoms with van der Waals surface area (Å²) < 4.78 is 17.0. The standard InChI is InChI=1S/C25H25BrN2O4S/c1-30-15-16-31-21-10-8-20(9-11-21)27-25(33)28-24(29)19-7-12-23(22(26)17-19)32-14-13-18-5-3-2-4-6-18/h2-12,17H,13-16H2,1H3,(H2,27,28,29,33). The molecule has 0 aliphatic rings. The van der Waals surface area contributed by atoms with E-state index in [-0.39, 0.29) is 11.0 Å². The highest BCUT2D eigenvalue weighted by molar-refractivity contribution is 9.10. The molecule has 0 fully saturated rings. The van der Waals surface area contributed by atoms with Crippen LogP contribution >= 0.6 is 28.1 Å². The molecule has 8 heteroatoms. The molecule has 1 amide bonds. The van der Waals surface area contributed by atoms with E-state index in [9.17, 15) is 4.79 Å². The summed E-state index contributed by atoms with van der Waals surface area (Å²) in [6.45, 7) is 1.54. The third-order valence-electron chi connectivity index (χ3n) is 4.58. The van der Waals surface area contributed by atoms with Crippen molar-refractivity contribution in [2.75, 3.05) is 32.2 Å². The maximum absolute atomic E-state index is 12.6. The molecule has 172 valence electrons. The minimum Gasteiger partial charge on any atom is -0.492 e. The van der Waals surface area contributed by atoms with Crippen molar-refractivity contribution in [3.8, 4) is 11.5 Å². The monoisotopic (exact) mass is 528 g/mol. The van der Waals surface area contributed by atoms with E-state index in [1.165, 1.54) is 5.56 Å². The molecular weight excluding hydrogens is 504 g/mol. The van der Waals surface area contributed by atoms with Gasteiger partial charge in [0.25, 0.3) is 5.91 Å². The van der Waals surface area contributed by atoms with Gasteiger partial charge in [-0.25, -0.2) is 0 Å². The van der Waals surface area contributed by atoms with Crippen molar-refractivity contribution >= 4 is 44.9 Å². The first-order valence-corrected chi connectivity index (χ1v) is 11.6. The summed E-state index contributed by atoms with van der Waals surface area (Å²) >= 11 is 8.74. The van der Waals surface area contributed by atoms with Crippen LogP contribution in [0, 0.1) is 0 Å². The fraction of sp³-hybridized carbons (Fsp3) is 0.200. The average molecular weight is 529 g/mol. The van der Waals surface area contributed by atoms with Crippen molar-refractivity contribution in [2.24, 2.45) is 0 Å². The Morgan fingerprint density at radius 1 is 0.939 bits per heavy atom. The number of carbonyl (C=O) groups excluding carboxylic acids is 1. The molecule has 0 saturated carbocycles. The zero-order valence-electron chi connectivity index (χ0n) is 18.2. The first-order valence-electron chi connectivity index (χ1n) is 10.4. The van der Waals surface area contributed by atoms with Gasteiger partial charge in [0.2, 0.25) is 0 Å². The largest absolute Gasteiger partial charge is 0.492 e. The highest BCUT2D eigenvalue weighted by atomic mass is 79.9. The third-order valence-corrected chi connectivity index (χ3v) is 5.40. The van der Waals surface area contributed by atoms with E-state index < -0.39 is 0 Å². The predicted octanol–water partition coefficient (Wildman–Crippen LogP) is 5.22. The van der Waals surface area contributed by atoms with Crippen LogP contribution in [-0.2, 0) is 11.2 Å². The number of rotatable bonds is 10. The second-order valence-electron chi connectivity index (χ2n) is 7.00. The first-order chi connectivity index (χ1) is 16.0. The summed E-state index contributed by atoms with van der Waals surface area (Å²) in [6.07, 6.45) is 0.801. The minimum atomic E-state index is -0.316. The summed E-state index contributed by atoms with van der Waals surface area (Å²) in [5.74, 6) is 1.09. The van der Waals surface area contributed by atoms with Crippen LogP contribution in [0.1, 0.15) is 15.9 Å². The summed E-state index contributed by atoms with van der Waals surface area (Å²) in [4.78, 5) is 12.6. The van der Waals surface area contributed by atoms with Gasteiger partial charge in [-0.15, -0.1) is 0 Å². The van der Waals surface area contributed by atoms with E-state index in [2.05, 4.69) is 38.7 Å². The van der Waals surface area contributed by atoms with Gasteiger partial charge in [-0.3, -0.25) is 10.1 Å². The van der Waals surface area contributed by atoms with Crippen LogP contribution in [-0.4, -0.2) is 38.0 Å². The molecule has 6 nitrogen and oxygen atoms in total. The smallest absolute Gasteiger partial charge is 0.257 e. The fourth-order valence-corrected chi connectivity index (χ4v) is 3.60. The number of ether oxygens (including phenoxy) is 3. The van der Waals surface area contributed by atoms with Crippen LogP contribution in [0.3, 0.4) is 0 Å². The zero-order chi connectivity index (χ0) is 23.5. The van der Waals surface area contributed by atoms with Gasteiger partial charge in [0.05, 0.1) is 17.7 Å². The molecule has 0 aliphatic heterocycles. The number of methoxy groups -OCH3 is 1. The van der Waals surface area contributed by atoms with Crippen LogP contribution in [0.2, 0.25) is 0 Å². The van der Waals surface area contributed by atoms with E-state index in [1.54, 1.807) is 25.3 Å². The number of anilines is 1. The van der Waals surface area contributed by atoms with E-state index in [4.69, 9.17) is 26.4 Å². The maximum Gasteiger partial charge on any atom is 0.257 e. The fourth-order valence-electron chi connectivity index (χ4n) is 2.90. The van der Waals surface area contributed by atoms with Gasteiger partial charge in [-0.05, 0) is 76.2 Å². The van der Waals surface area contributed by atoms with Crippen LogP contribution in [0.5, 0.6) is 11.5 Å². The van der Waals surface area contributed by atoms with Crippen molar-refractivity contribution in [1.29, 1.82) is 0 Å². The molecule has 2 N–H and O–H groups in total. The lowest BCUT2D eigenvalue weighted by Gasteiger charge is -2.12. The third kappa shape index (κ3) is 8.16. The number of halogens is 1. The Morgan fingerprint density at radius 3 is 2.39 bits per heavy atom. The predicted molar refractivity (Wildman–Crippen MR) is 137 cm³/mol. The lowest BCUT2D eigenvalue weighted by Crippen LogP contribution is -2.34. The van der Waals surface area contributed by atoms with Gasteiger partial charge < -0.3 is 19.5 Å². The molecule has 3 aromatic carbocycles. The van der Waals surface area contributed by atoms with Gasteiger partial charge in [0, 0.05) is 24.8 Å². The molecule has 33 heavy (non-hydrogen) atoms. The lowest BCUT2D eigenvalue weighted by atomic mass is 10.2. The Balaban J connectivity index is 1.48. The summed E-state index contributed by atoms with van der Waals surface area (Å²) in [5, 5.41) is 5.88. The molecule has 0 heterocycles. The quantitative estimate of drug-likeness (QED) is 0.277. The van der Waals surface area contributed by atoms with Crippen molar-refractivity contribution in [2.45, 2.75) is 6.42 Å². The normalized spacial score (nSPS) is 10.4. The Labute approximate surface area is 207 Å². The lowest BCUT2D eigenvalue weighted by molar-refractivity contribution is 0.0977. The average Bonchev–Trinajstić information content (AvgIpc) is 2.82. The number of hydrogen-bond donors (Lipinski definition) is 2. The molecule has 0 radical (unpaired) electrons. The molecule has 3 aromatic rings. The van der Waals surface area contributed by atoms with Crippen LogP contribution in [0.25, 0.3) is 0 Å². The molecule has 0 aromatic heterocycles. The molecule has 0 unspecified atom stereocenters. The Bertz CT molecular complexity index is 1060. The topological polar surface area (TPSA) is 68.8 Å². The molecule has 0 bridgehead atoms. The van der Waals surface area contributed by atoms with E-state index >= 15 is 0 Å². The SMILES string of the molecule is COCCOc1ccc(NC(=S)NC(=O)c2ccc(OCCc3ccccc3)c(Br)c2)cc1. The highest BCUT2D eigenvalue weighted by Gasteiger charge is 2.11. The van der Waals surface area contributed by atoms with Gasteiger partial charge in [-0.2, -0.15) is 0 Å². The number of carbonyl (C=O) groups is 1. The molecule has 3 rings (SSSR count). The summed E-state index contributed by atoms with van der Waals surface area (Å²) in [6, 6.07) is 22.6. The molecule has 0 aliphatic carbocycles. The van der Waals surface area contributed by atoms with E-state index in [0.717, 1.165) is 17.9 Å². The van der Waals surface area contributed by atoms with Crippen LogP contribution < -0.4 is 20.1 Å². The van der Waals surface area contributed by atoms with Crippen LogP contribution in [0.4, 0.5) is 5.69 Å². The van der Waals surface area contributed by atoms with Gasteiger partial charge in [-0.1, -0.05) is 30.3 Å². The number of thiocarbonyl (C=S) groups is 1. The molecule has 0 spiro atoms. The van der Waals surface area contributed by atoms with Crippen molar-refractivity contribution < 1.29 is 19.0 Å². The van der Waals surface area contributed by atoms with Crippen molar-refractivity contribution in [1.82, 2.24) is 5.32 Å². The zero-order valence-corrected chi connectivity index (χ0v) is 20.6. The van der Waals surface area contributed by atoms with Crippen LogP contribution in [0.15, 0.2) is 77.3 Å². The minimum absolute atomic E-state index is 0.201. The number of hydrogen-bond acceptors (Lipinski definition) is 5. The Hall–Kier alpha value is -2.94. The molecular formula is C25H25BrN2O4S. The Kier molecular flexibility index (Phi) is 9.68. The first kappa shape index (κ1) is 24.7. The maximum atomic E-state index is 12.6. The second kappa shape index (κ2) is 12.9. The van der Waals surface area contributed by atoms with E-state index in [1.807, 2.05) is 42.5 Å². The molecule has 0 atom stereocenters. The van der Waals surface area contributed by atoms with E-state index in [0.29, 0.717) is 35.6 Å².